The first kappa shape index (κ1) is 15.7. The van der Waals surface area contributed by atoms with Gasteiger partial charge in [0.2, 0.25) is 0 Å². The van der Waals surface area contributed by atoms with Gasteiger partial charge in [0.25, 0.3) is 0 Å². The number of halogens is 2. The Morgan fingerprint density at radius 3 is 1.50 bits per heavy atom. The van der Waals surface area contributed by atoms with E-state index in [4.69, 9.17) is 0 Å². The van der Waals surface area contributed by atoms with Crippen LogP contribution in [0.2, 0.25) is 5.28 Å². The molecule has 0 fully saturated rings. The van der Waals surface area contributed by atoms with Crippen LogP contribution in [0.1, 0.15) is 13.3 Å². The predicted molar refractivity (Wildman–Crippen MR) is 20.9 cm³/mol. The van der Waals surface area contributed by atoms with Crippen LogP contribution in [0.15, 0.2) is 0 Å². The largest absolute Gasteiger partial charge is 1.00 e. The SMILES string of the molecule is CC[CH2][Al+2].[Cl-].[Cl-]. The van der Waals surface area contributed by atoms with Crippen molar-refractivity contribution in [1.29, 1.82) is 0 Å². The van der Waals surface area contributed by atoms with Gasteiger partial charge in [-0.15, -0.1) is 0 Å². The molecule has 0 amide bonds. The molecule has 0 rings (SSSR count). The summed E-state index contributed by atoms with van der Waals surface area (Å²) in [6.45, 7) is 2.16. The van der Waals surface area contributed by atoms with Gasteiger partial charge in [-0.1, -0.05) is 0 Å². The summed E-state index contributed by atoms with van der Waals surface area (Å²) < 4.78 is 0. The monoisotopic (exact) mass is 140 g/mol. The predicted octanol–water partition coefficient (Wildman–Crippen LogP) is -5.01. The summed E-state index contributed by atoms with van der Waals surface area (Å²) in [4.78, 5) is 0. The Morgan fingerprint density at radius 2 is 1.50 bits per heavy atom. The minimum absolute atomic E-state index is 0. The molecule has 6 heavy (non-hydrogen) atoms. The average Bonchev–Trinajstić information content (AvgIpc) is 1.37. The van der Waals surface area contributed by atoms with Crippen LogP contribution in [-0.2, 0) is 0 Å². The molecular formula is C3H7AlCl2. The van der Waals surface area contributed by atoms with Crippen molar-refractivity contribution in [2.24, 2.45) is 0 Å². The maximum Gasteiger partial charge on any atom is -1.00 e. The Bertz CT molecular complexity index is 10.8. The van der Waals surface area contributed by atoms with Crippen LogP contribution in [0.4, 0.5) is 0 Å². The second-order valence-corrected chi connectivity index (χ2v) is 1.37. The summed E-state index contributed by atoms with van der Waals surface area (Å²) in [6.07, 6.45) is 1.28. The Balaban J connectivity index is -0.0000000450. The van der Waals surface area contributed by atoms with Gasteiger partial charge in [0.15, 0.2) is 0 Å². The summed E-state index contributed by atoms with van der Waals surface area (Å²) in [6, 6.07) is 0. The summed E-state index contributed by atoms with van der Waals surface area (Å²) in [5.41, 5.74) is 0. The molecule has 36 valence electrons. The van der Waals surface area contributed by atoms with E-state index in [1.807, 2.05) is 0 Å². The van der Waals surface area contributed by atoms with Crippen molar-refractivity contribution in [3.63, 3.8) is 0 Å². The van der Waals surface area contributed by atoms with Crippen molar-refractivity contribution >= 4 is 16.3 Å². The number of rotatable bonds is 1. The smallest absolute Gasteiger partial charge is 1.00 e. The van der Waals surface area contributed by atoms with E-state index in [1.165, 1.54) is 11.7 Å². The average molecular weight is 141 g/mol. The van der Waals surface area contributed by atoms with Gasteiger partial charge < -0.3 is 24.8 Å². The molecule has 0 radical (unpaired) electrons. The van der Waals surface area contributed by atoms with E-state index in [2.05, 4.69) is 23.2 Å². The fourth-order valence-corrected chi connectivity index (χ4v) is 0. The molecule has 0 bridgehead atoms. The standard InChI is InChI=1S/C3H7.Al.2ClH/c1-3-2;;;/h1,3H2,2H3;;2*1H/q;+2;;/p-2. The molecule has 3 heteroatoms. The molecule has 0 atom stereocenters. The first-order chi connectivity index (χ1) is 1.91. The second kappa shape index (κ2) is 16.5. The fraction of sp³-hybridized carbons (Fsp3) is 1.00. The van der Waals surface area contributed by atoms with E-state index in [0.717, 1.165) is 0 Å². The van der Waals surface area contributed by atoms with E-state index >= 15 is 0 Å². The van der Waals surface area contributed by atoms with Gasteiger partial charge >= 0.3 is 34.9 Å². The van der Waals surface area contributed by atoms with E-state index in [1.54, 1.807) is 0 Å². The maximum atomic E-state index is 2.66. The van der Waals surface area contributed by atoms with Gasteiger partial charge in [-0.25, -0.2) is 0 Å². The molecule has 0 aromatic heterocycles. The molecule has 0 unspecified atom stereocenters. The topological polar surface area (TPSA) is 0 Å². The molecule has 0 aromatic carbocycles. The van der Waals surface area contributed by atoms with Gasteiger partial charge in [0.1, 0.15) is 0 Å². The molecule has 0 saturated heterocycles. The van der Waals surface area contributed by atoms with Gasteiger partial charge in [-0.05, 0) is 0 Å². The van der Waals surface area contributed by atoms with E-state index in [-0.39, 0.29) is 24.8 Å². The third-order valence-corrected chi connectivity index (χ3v) is 0.866. The Morgan fingerprint density at radius 1 is 1.33 bits per heavy atom. The van der Waals surface area contributed by atoms with Gasteiger partial charge in [-0.2, -0.15) is 0 Å². The third-order valence-electron chi connectivity index (χ3n) is 0.289. The van der Waals surface area contributed by atoms with Crippen molar-refractivity contribution in [3.05, 3.63) is 0 Å². The van der Waals surface area contributed by atoms with E-state index in [9.17, 15) is 0 Å². The molecule has 0 aromatic rings. The summed E-state index contributed by atoms with van der Waals surface area (Å²) in [7, 11) is 0. The first-order valence-electron chi connectivity index (χ1n) is 1.62. The van der Waals surface area contributed by atoms with E-state index in [0.29, 0.717) is 0 Å². The zero-order valence-electron chi connectivity index (χ0n) is 3.75. The maximum absolute atomic E-state index is 2.66. The zero-order valence-corrected chi connectivity index (χ0v) is 6.41. The second-order valence-electron chi connectivity index (χ2n) is 0.789. The van der Waals surface area contributed by atoms with Crippen molar-refractivity contribution in [2.75, 3.05) is 0 Å². The van der Waals surface area contributed by atoms with Gasteiger partial charge in [0.05, 0.1) is 0 Å². The summed E-state index contributed by atoms with van der Waals surface area (Å²) in [5.74, 6) is 0. The van der Waals surface area contributed by atoms with Gasteiger partial charge in [0, 0.05) is 0 Å². The minimum atomic E-state index is 0. The fourth-order valence-electron chi connectivity index (χ4n) is 0. The van der Waals surface area contributed by atoms with Crippen LogP contribution in [0.25, 0.3) is 0 Å². The molecule has 0 N–H and O–H groups in total. The van der Waals surface area contributed by atoms with Crippen LogP contribution in [0.3, 0.4) is 0 Å². The molecule has 0 heterocycles. The van der Waals surface area contributed by atoms with Crippen molar-refractivity contribution < 1.29 is 24.8 Å². The van der Waals surface area contributed by atoms with Crippen LogP contribution in [0, 0.1) is 0 Å². The van der Waals surface area contributed by atoms with Crippen LogP contribution >= 0.6 is 0 Å². The van der Waals surface area contributed by atoms with Crippen molar-refractivity contribution in [3.8, 4) is 0 Å². The van der Waals surface area contributed by atoms with Crippen molar-refractivity contribution in [2.45, 2.75) is 18.6 Å². The molecular weight excluding hydrogens is 134 g/mol. The third kappa shape index (κ3) is 19.4. The molecule has 0 saturated carbocycles. The minimum Gasteiger partial charge on any atom is -1.00 e. The van der Waals surface area contributed by atoms with Gasteiger partial charge in [-0.3, -0.25) is 0 Å². The molecule has 0 aliphatic carbocycles. The molecule has 0 spiro atoms. The summed E-state index contributed by atoms with van der Waals surface area (Å²) in [5, 5.41) is 1.24. The van der Waals surface area contributed by atoms with Crippen LogP contribution in [-0.4, -0.2) is 16.3 Å². The van der Waals surface area contributed by atoms with Crippen molar-refractivity contribution in [1.82, 2.24) is 0 Å². The van der Waals surface area contributed by atoms with Crippen LogP contribution < -0.4 is 24.8 Å². The van der Waals surface area contributed by atoms with Crippen LogP contribution in [0.5, 0.6) is 0 Å². The Hall–Kier alpha value is 1.11. The quantitative estimate of drug-likeness (QED) is 0.321. The number of hydrogen-bond acceptors (Lipinski definition) is 0. The Kier molecular flexibility index (Phi) is 43.2. The number of hydrogen-bond donors (Lipinski definition) is 0. The molecule has 0 aliphatic heterocycles. The Labute approximate surface area is 59.9 Å². The zero-order chi connectivity index (χ0) is 3.41. The summed E-state index contributed by atoms with van der Waals surface area (Å²) >= 11 is 2.66. The normalized spacial score (nSPS) is 5.17. The van der Waals surface area contributed by atoms with E-state index < -0.39 is 0 Å². The first-order valence-corrected chi connectivity index (χ1v) is 2.43. The molecule has 0 aliphatic rings. The molecule has 0 nitrogen and oxygen atoms in total.